The van der Waals surface area contributed by atoms with Gasteiger partial charge in [0, 0.05) is 22.8 Å². The summed E-state index contributed by atoms with van der Waals surface area (Å²) in [4.78, 5) is 36.4. The van der Waals surface area contributed by atoms with Crippen LogP contribution >= 0.6 is 22.7 Å². The first-order valence-corrected chi connectivity index (χ1v) is 15.6. The van der Waals surface area contributed by atoms with Gasteiger partial charge in [-0.25, -0.2) is 0 Å². The average Bonchev–Trinajstić information content (AvgIpc) is 3.55. The Balaban J connectivity index is 1.75. The Hall–Kier alpha value is -1.92. The second-order valence-corrected chi connectivity index (χ2v) is 13.1. The molecular formula is C30H42N2O2S2. The van der Waals surface area contributed by atoms with Crippen LogP contribution in [0.15, 0.2) is 12.1 Å². The summed E-state index contributed by atoms with van der Waals surface area (Å²) in [6, 6.07) is 4.29. The maximum atomic E-state index is 14.0. The number of hydrogen-bond acceptors (Lipinski definition) is 4. The molecule has 0 aromatic carbocycles. The second-order valence-electron chi connectivity index (χ2n) is 10.6. The fraction of sp³-hybridized carbons (Fsp3) is 0.600. The molecule has 0 saturated heterocycles. The van der Waals surface area contributed by atoms with Crippen LogP contribution in [0.5, 0.6) is 0 Å². The van der Waals surface area contributed by atoms with Gasteiger partial charge in [0.05, 0.1) is 32.3 Å². The van der Waals surface area contributed by atoms with Gasteiger partial charge < -0.3 is 9.80 Å². The van der Waals surface area contributed by atoms with Gasteiger partial charge in [-0.1, -0.05) is 66.2 Å². The molecule has 196 valence electrons. The molecule has 4 nitrogen and oxygen atoms in total. The zero-order chi connectivity index (χ0) is 26.0. The van der Waals surface area contributed by atoms with Gasteiger partial charge in [0.15, 0.2) is 0 Å². The minimum Gasteiger partial charge on any atom is -0.307 e. The summed E-state index contributed by atoms with van der Waals surface area (Å²) >= 11 is 3.32. The van der Waals surface area contributed by atoms with Gasteiger partial charge >= 0.3 is 0 Å². The lowest BCUT2D eigenvalue weighted by Gasteiger charge is -2.24. The van der Waals surface area contributed by atoms with E-state index in [2.05, 4.69) is 53.7 Å². The predicted molar refractivity (Wildman–Crippen MR) is 156 cm³/mol. The minimum atomic E-state index is 0.0198. The van der Waals surface area contributed by atoms with Crippen molar-refractivity contribution < 1.29 is 9.59 Å². The van der Waals surface area contributed by atoms with Crippen molar-refractivity contribution in [2.24, 2.45) is 11.8 Å². The summed E-state index contributed by atoms with van der Waals surface area (Å²) in [7, 11) is 0. The van der Waals surface area contributed by atoms with Gasteiger partial charge in [-0.05, 0) is 50.7 Å². The Labute approximate surface area is 225 Å². The van der Waals surface area contributed by atoms with Gasteiger partial charge in [-0.3, -0.25) is 9.59 Å². The highest BCUT2D eigenvalue weighted by atomic mass is 32.1. The fourth-order valence-electron chi connectivity index (χ4n) is 5.60. The highest BCUT2D eigenvalue weighted by Gasteiger charge is 2.44. The number of unbranched alkanes of at least 4 members (excludes halogenated alkanes) is 2. The first-order valence-electron chi connectivity index (χ1n) is 13.9. The number of amides is 2. The van der Waals surface area contributed by atoms with Crippen molar-refractivity contribution in [2.75, 3.05) is 22.9 Å². The molecule has 0 spiro atoms. The summed E-state index contributed by atoms with van der Waals surface area (Å²) in [5.41, 5.74) is 3.31. The summed E-state index contributed by atoms with van der Waals surface area (Å²) in [5, 5.41) is 0. The molecule has 0 bridgehead atoms. The maximum Gasteiger partial charge on any atom is 0.260 e. The third-order valence-electron chi connectivity index (χ3n) is 7.84. The molecule has 2 aliphatic heterocycles. The van der Waals surface area contributed by atoms with Crippen LogP contribution in [0.25, 0.3) is 11.1 Å². The topological polar surface area (TPSA) is 40.6 Å². The average molecular weight is 527 g/mol. The number of anilines is 2. The van der Waals surface area contributed by atoms with E-state index in [4.69, 9.17) is 0 Å². The molecular weight excluding hydrogens is 484 g/mol. The molecule has 2 aromatic rings. The van der Waals surface area contributed by atoms with Gasteiger partial charge in [0.1, 0.15) is 0 Å². The predicted octanol–water partition coefficient (Wildman–Crippen LogP) is 8.46. The smallest absolute Gasteiger partial charge is 0.260 e. The monoisotopic (exact) mass is 526 g/mol. The summed E-state index contributed by atoms with van der Waals surface area (Å²) in [6.45, 7) is 14.6. The highest BCUT2D eigenvalue weighted by Crippen LogP contribution is 2.52. The van der Waals surface area contributed by atoms with E-state index in [1.807, 2.05) is 9.80 Å². The van der Waals surface area contributed by atoms with E-state index >= 15 is 0 Å². The summed E-state index contributed by atoms with van der Waals surface area (Å²) < 4.78 is 0. The Morgan fingerprint density at radius 1 is 0.694 bits per heavy atom. The molecule has 2 unspecified atom stereocenters. The molecule has 2 atom stereocenters. The van der Waals surface area contributed by atoms with Crippen LogP contribution in [0, 0.1) is 25.7 Å². The molecule has 0 saturated carbocycles. The number of hydrogen-bond donors (Lipinski definition) is 0. The molecule has 2 amide bonds. The number of carbonyl (C=O) groups is 2. The van der Waals surface area contributed by atoms with E-state index < -0.39 is 0 Å². The minimum absolute atomic E-state index is 0.0198. The standard InChI is InChI=1S/C30H42N2O2S2/c1-7-11-13-21(9-3)17-31-23-15-19(5)35-27(23)25(29(31)33)26-28-24(16-20(6)36-28)32(30(26)34)18-22(10-4)14-12-8-2/h15-16,21-22H,7-14,17-18H2,1-6H3. The van der Waals surface area contributed by atoms with Crippen LogP contribution in [0.2, 0.25) is 0 Å². The van der Waals surface area contributed by atoms with Crippen LogP contribution in [0.1, 0.15) is 98.6 Å². The van der Waals surface area contributed by atoms with E-state index in [0.717, 1.165) is 59.9 Å². The zero-order valence-electron chi connectivity index (χ0n) is 22.9. The first-order chi connectivity index (χ1) is 17.3. The Bertz CT molecular complexity index is 1050. The van der Waals surface area contributed by atoms with E-state index in [1.54, 1.807) is 22.7 Å². The molecule has 0 fully saturated rings. The van der Waals surface area contributed by atoms with E-state index in [-0.39, 0.29) is 11.8 Å². The van der Waals surface area contributed by atoms with Crippen molar-refractivity contribution >= 4 is 57.0 Å². The molecule has 2 aliphatic rings. The van der Waals surface area contributed by atoms with E-state index in [0.29, 0.717) is 23.0 Å². The summed E-state index contributed by atoms with van der Waals surface area (Å²) in [5.74, 6) is 0.994. The van der Waals surface area contributed by atoms with Gasteiger partial charge in [0.25, 0.3) is 11.8 Å². The van der Waals surface area contributed by atoms with E-state index in [9.17, 15) is 9.59 Å². The second kappa shape index (κ2) is 11.6. The van der Waals surface area contributed by atoms with Crippen LogP contribution in [0.4, 0.5) is 11.4 Å². The van der Waals surface area contributed by atoms with Crippen molar-refractivity contribution in [3.8, 4) is 0 Å². The largest absolute Gasteiger partial charge is 0.307 e. The van der Waals surface area contributed by atoms with Crippen molar-refractivity contribution in [1.29, 1.82) is 0 Å². The van der Waals surface area contributed by atoms with Gasteiger partial charge in [-0.2, -0.15) is 0 Å². The van der Waals surface area contributed by atoms with Crippen molar-refractivity contribution in [2.45, 2.75) is 92.9 Å². The lowest BCUT2D eigenvalue weighted by atomic mass is 9.98. The molecule has 6 heteroatoms. The number of aryl methyl sites for hydroxylation is 2. The third kappa shape index (κ3) is 5.08. The number of fused-ring (bicyclic) bond motifs is 2. The van der Waals surface area contributed by atoms with E-state index in [1.165, 1.54) is 35.4 Å². The van der Waals surface area contributed by atoms with Crippen LogP contribution in [-0.2, 0) is 9.59 Å². The molecule has 4 heterocycles. The van der Waals surface area contributed by atoms with Crippen molar-refractivity contribution in [3.05, 3.63) is 31.6 Å². The number of nitrogens with zero attached hydrogens (tertiary/aromatic N) is 2. The Morgan fingerprint density at radius 2 is 1.08 bits per heavy atom. The lowest BCUT2D eigenvalue weighted by molar-refractivity contribution is -0.114. The highest BCUT2D eigenvalue weighted by molar-refractivity contribution is 7.16. The zero-order valence-corrected chi connectivity index (χ0v) is 24.5. The fourth-order valence-corrected chi connectivity index (χ4v) is 7.71. The SMILES string of the molecule is CCCCC(CC)CN1C(=O)C(=C2C(=O)N(CC(CC)CCCC)c3cc(C)sc32)c2sc(C)cc21. The molecule has 0 aliphatic carbocycles. The summed E-state index contributed by atoms with van der Waals surface area (Å²) in [6.07, 6.45) is 9.11. The Morgan fingerprint density at radius 3 is 1.42 bits per heavy atom. The normalized spacial score (nSPS) is 18.8. The van der Waals surface area contributed by atoms with Gasteiger partial charge in [-0.15, -0.1) is 22.7 Å². The van der Waals surface area contributed by atoms with Gasteiger partial charge in [0.2, 0.25) is 0 Å². The molecule has 0 radical (unpaired) electrons. The first kappa shape index (κ1) is 27.1. The Kier molecular flexibility index (Phi) is 8.77. The number of thiophene rings is 2. The molecule has 36 heavy (non-hydrogen) atoms. The maximum absolute atomic E-state index is 14.0. The quantitative estimate of drug-likeness (QED) is 0.260. The number of rotatable bonds is 12. The van der Waals surface area contributed by atoms with Crippen LogP contribution < -0.4 is 9.80 Å². The third-order valence-corrected chi connectivity index (χ3v) is 9.96. The van der Waals surface area contributed by atoms with Crippen molar-refractivity contribution in [1.82, 2.24) is 0 Å². The van der Waals surface area contributed by atoms with Crippen LogP contribution in [0.3, 0.4) is 0 Å². The molecule has 2 aromatic heterocycles. The van der Waals surface area contributed by atoms with Crippen LogP contribution in [-0.4, -0.2) is 24.9 Å². The number of carbonyl (C=O) groups excluding carboxylic acids is 2. The molecule has 0 N–H and O–H groups in total. The molecule has 4 rings (SSSR count). The lowest BCUT2D eigenvalue weighted by Crippen LogP contribution is -2.34. The van der Waals surface area contributed by atoms with Crippen molar-refractivity contribution in [3.63, 3.8) is 0 Å².